The smallest absolute Gasteiger partial charge is 0.265 e. The molecule has 0 aliphatic heterocycles. The van der Waals surface area contributed by atoms with Gasteiger partial charge in [-0.15, -0.1) is 0 Å². The first-order valence-electron chi connectivity index (χ1n) is 4.77. The highest BCUT2D eigenvalue weighted by molar-refractivity contribution is 9.10. The van der Waals surface area contributed by atoms with Gasteiger partial charge < -0.3 is 0 Å². The molecule has 1 heterocycles. The van der Waals surface area contributed by atoms with Gasteiger partial charge in [-0.25, -0.2) is 8.42 Å². The summed E-state index contributed by atoms with van der Waals surface area (Å²) in [6, 6.07) is 5.25. The zero-order valence-electron chi connectivity index (χ0n) is 8.94. The minimum Gasteiger partial charge on any atom is -0.284 e. The second-order valence-electron chi connectivity index (χ2n) is 3.50. The van der Waals surface area contributed by atoms with Crippen LogP contribution in [0, 0.1) is 6.92 Å². The minimum absolute atomic E-state index is 0.106. The van der Waals surface area contributed by atoms with E-state index in [2.05, 4.69) is 30.8 Å². The predicted molar refractivity (Wildman–Crippen MR) is 68.3 cm³/mol. The molecule has 0 atom stereocenters. The quantitative estimate of drug-likeness (QED) is 0.912. The molecule has 0 bridgehead atoms. The van der Waals surface area contributed by atoms with E-state index in [-0.39, 0.29) is 4.90 Å². The Morgan fingerprint density at radius 3 is 2.76 bits per heavy atom. The molecule has 0 amide bonds. The number of aromatic amines is 1. The normalized spacial score (nSPS) is 11.4. The van der Waals surface area contributed by atoms with E-state index in [4.69, 9.17) is 0 Å². The molecule has 0 radical (unpaired) electrons. The molecule has 0 aliphatic rings. The van der Waals surface area contributed by atoms with Crippen LogP contribution in [0.3, 0.4) is 0 Å². The Morgan fingerprint density at radius 2 is 2.18 bits per heavy atom. The van der Waals surface area contributed by atoms with Crippen molar-refractivity contribution in [3.8, 4) is 0 Å². The molecule has 2 aromatic rings. The highest BCUT2D eigenvalue weighted by Crippen LogP contribution is 2.22. The van der Waals surface area contributed by atoms with Gasteiger partial charge in [0.05, 0.1) is 6.20 Å². The van der Waals surface area contributed by atoms with E-state index in [0.29, 0.717) is 5.69 Å². The van der Waals surface area contributed by atoms with Crippen molar-refractivity contribution in [2.24, 2.45) is 0 Å². The molecule has 0 saturated carbocycles. The van der Waals surface area contributed by atoms with Crippen LogP contribution in [0.5, 0.6) is 0 Å². The van der Waals surface area contributed by atoms with Gasteiger partial charge in [0.15, 0.2) is 0 Å². The molecule has 0 spiro atoms. The Bertz CT molecular complexity index is 623. The number of nitrogens with one attached hydrogen (secondary N) is 2. The van der Waals surface area contributed by atoms with Crippen molar-refractivity contribution in [1.29, 1.82) is 0 Å². The molecule has 2 N–H and O–H groups in total. The summed E-state index contributed by atoms with van der Waals surface area (Å²) in [4.78, 5) is 0.106. The third-order valence-electron chi connectivity index (χ3n) is 2.21. The Labute approximate surface area is 107 Å². The van der Waals surface area contributed by atoms with Crippen LogP contribution in [0.1, 0.15) is 5.56 Å². The maximum Gasteiger partial charge on any atom is 0.265 e. The Kier molecular flexibility index (Phi) is 3.21. The number of nitrogens with zero attached hydrogens (tertiary/aromatic N) is 1. The molecule has 0 saturated heterocycles. The van der Waals surface area contributed by atoms with Gasteiger partial charge in [-0.1, -0.05) is 22.0 Å². The zero-order valence-corrected chi connectivity index (χ0v) is 11.3. The molecule has 0 aliphatic carbocycles. The first kappa shape index (κ1) is 12.1. The van der Waals surface area contributed by atoms with Crippen LogP contribution in [0.4, 0.5) is 5.69 Å². The molecule has 0 unspecified atom stereocenters. The number of aryl methyl sites for hydroxylation is 1. The average Bonchev–Trinajstić information content (AvgIpc) is 2.77. The van der Waals surface area contributed by atoms with E-state index >= 15 is 0 Å². The van der Waals surface area contributed by atoms with Crippen LogP contribution in [0.15, 0.2) is 40.0 Å². The summed E-state index contributed by atoms with van der Waals surface area (Å²) in [7, 11) is -3.56. The number of benzene rings is 1. The van der Waals surface area contributed by atoms with Gasteiger partial charge in [0.1, 0.15) is 4.90 Å². The maximum absolute atomic E-state index is 11.9. The number of halogens is 1. The lowest BCUT2D eigenvalue weighted by atomic mass is 10.2. The molecule has 5 nitrogen and oxygen atoms in total. The van der Waals surface area contributed by atoms with E-state index in [1.165, 1.54) is 12.4 Å². The molecule has 1 aromatic heterocycles. The van der Waals surface area contributed by atoms with Crippen molar-refractivity contribution in [2.45, 2.75) is 11.8 Å². The summed E-state index contributed by atoms with van der Waals surface area (Å²) in [5.74, 6) is 0. The van der Waals surface area contributed by atoms with Gasteiger partial charge in [0.2, 0.25) is 0 Å². The summed E-state index contributed by atoms with van der Waals surface area (Å²) in [5.41, 5.74) is 1.54. The van der Waals surface area contributed by atoms with E-state index in [1.807, 2.05) is 13.0 Å². The first-order chi connectivity index (χ1) is 7.99. The Balaban J connectivity index is 2.30. The van der Waals surface area contributed by atoms with Crippen molar-refractivity contribution >= 4 is 31.6 Å². The second-order valence-corrected chi connectivity index (χ2v) is 6.04. The van der Waals surface area contributed by atoms with Gasteiger partial charge in [0, 0.05) is 16.4 Å². The number of hydrogen-bond acceptors (Lipinski definition) is 3. The molecule has 7 heteroatoms. The summed E-state index contributed by atoms with van der Waals surface area (Å²) in [6.45, 7) is 1.93. The monoisotopic (exact) mass is 315 g/mol. The van der Waals surface area contributed by atoms with Crippen LogP contribution >= 0.6 is 15.9 Å². The van der Waals surface area contributed by atoms with Crippen molar-refractivity contribution in [2.75, 3.05) is 4.72 Å². The van der Waals surface area contributed by atoms with Gasteiger partial charge in [-0.2, -0.15) is 5.10 Å². The Hall–Kier alpha value is -1.34. The molecule has 1 aromatic carbocycles. The number of anilines is 1. The predicted octanol–water partition coefficient (Wildman–Crippen LogP) is 2.28. The fourth-order valence-electron chi connectivity index (χ4n) is 1.26. The Morgan fingerprint density at radius 1 is 1.41 bits per heavy atom. The van der Waals surface area contributed by atoms with E-state index in [0.717, 1.165) is 10.0 Å². The molecular weight excluding hydrogens is 306 g/mol. The number of hydrogen-bond donors (Lipinski definition) is 2. The van der Waals surface area contributed by atoms with Crippen molar-refractivity contribution in [3.63, 3.8) is 0 Å². The number of aromatic nitrogens is 2. The third kappa shape index (κ3) is 2.67. The summed E-state index contributed by atoms with van der Waals surface area (Å²) in [5, 5.41) is 6.07. The maximum atomic E-state index is 11.9. The fourth-order valence-corrected chi connectivity index (χ4v) is 2.59. The van der Waals surface area contributed by atoms with Gasteiger partial charge in [-0.05, 0) is 24.6 Å². The first-order valence-corrected chi connectivity index (χ1v) is 7.04. The highest BCUT2D eigenvalue weighted by atomic mass is 79.9. The summed E-state index contributed by atoms with van der Waals surface area (Å²) < 4.78 is 27.1. The van der Waals surface area contributed by atoms with Crippen LogP contribution in [-0.4, -0.2) is 18.6 Å². The van der Waals surface area contributed by atoms with Gasteiger partial charge >= 0.3 is 0 Å². The SMILES string of the molecule is Cc1ccc(NS(=O)(=O)c2cn[nH]c2)cc1Br. The molecule has 2 rings (SSSR count). The van der Waals surface area contributed by atoms with Crippen LogP contribution in [0.2, 0.25) is 0 Å². The molecule has 17 heavy (non-hydrogen) atoms. The topological polar surface area (TPSA) is 74.8 Å². The standard InChI is InChI=1S/C10H10BrN3O2S/c1-7-2-3-8(4-10(7)11)14-17(15,16)9-5-12-13-6-9/h2-6,14H,1H3,(H,12,13). The lowest BCUT2D eigenvalue weighted by Gasteiger charge is -2.07. The number of H-pyrrole nitrogens is 1. The van der Waals surface area contributed by atoms with Crippen LogP contribution < -0.4 is 4.72 Å². The summed E-state index contributed by atoms with van der Waals surface area (Å²) >= 11 is 3.35. The van der Waals surface area contributed by atoms with E-state index < -0.39 is 10.0 Å². The van der Waals surface area contributed by atoms with Crippen LogP contribution in [-0.2, 0) is 10.0 Å². The lowest BCUT2D eigenvalue weighted by Crippen LogP contribution is -2.12. The number of sulfonamides is 1. The molecule has 0 fully saturated rings. The highest BCUT2D eigenvalue weighted by Gasteiger charge is 2.15. The third-order valence-corrected chi connectivity index (χ3v) is 4.41. The fraction of sp³-hybridized carbons (Fsp3) is 0.100. The largest absolute Gasteiger partial charge is 0.284 e. The minimum atomic E-state index is -3.56. The molecule has 90 valence electrons. The zero-order chi connectivity index (χ0) is 12.5. The van der Waals surface area contributed by atoms with Crippen LogP contribution in [0.25, 0.3) is 0 Å². The van der Waals surface area contributed by atoms with Crippen molar-refractivity contribution in [1.82, 2.24) is 10.2 Å². The second kappa shape index (κ2) is 4.50. The van der Waals surface area contributed by atoms with Crippen molar-refractivity contribution < 1.29 is 8.42 Å². The van der Waals surface area contributed by atoms with E-state index in [9.17, 15) is 8.42 Å². The van der Waals surface area contributed by atoms with Crippen molar-refractivity contribution in [3.05, 3.63) is 40.6 Å². The van der Waals surface area contributed by atoms with E-state index in [1.54, 1.807) is 12.1 Å². The van der Waals surface area contributed by atoms with Gasteiger partial charge in [0.25, 0.3) is 10.0 Å². The molecular formula is C10H10BrN3O2S. The number of rotatable bonds is 3. The lowest BCUT2D eigenvalue weighted by molar-refractivity contribution is 0.601. The average molecular weight is 316 g/mol. The van der Waals surface area contributed by atoms with Gasteiger partial charge in [-0.3, -0.25) is 9.82 Å². The summed E-state index contributed by atoms with van der Waals surface area (Å²) in [6.07, 6.45) is 2.58.